The smallest absolute Gasteiger partial charge is 0.280 e. The van der Waals surface area contributed by atoms with Crippen molar-refractivity contribution in [1.82, 2.24) is 5.43 Å². The molecule has 0 radical (unpaired) electrons. The number of benzene rings is 2. The molecule has 8 heteroatoms. The van der Waals surface area contributed by atoms with Crippen LogP contribution < -0.4 is 10.2 Å². The van der Waals surface area contributed by atoms with E-state index in [1.807, 2.05) is 6.07 Å². The van der Waals surface area contributed by atoms with E-state index in [9.17, 15) is 13.2 Å². The number of carbonyl (C=O) groups excluding carboxylic acids is 1. The van der Waals surface area contributed by atoms with Crippen molar-refractivity contribution < 1.29 is 17.9 Å². The minimum absolute atomic E-state index is 0.215. The summed E-state index contributed by atoms with van der Waals surface area (Å²) in [6, 6.07) is 14.6. The summed E-state index contributed by atoms with van der Waals surface area (Å²) in [5.41, 5.74) is 4.13. The molecule has 0 saturated heterocycles. The van der Waals surface area contributed by atoms with Crippen LogP contribution in [-0.4, -0.2) is 32.4 Å². The minimum atomic E-state index is -3.26. The van der Waals surface area contributed by atoms with Crippen molar-refractivity contribution in [3.8, 4) is 11.8 Å². The Morgan fingerprint density at radius 1 is 1.15 bits per heavy atom. The van der Waals surface area contributed by atoms with Crippen LogP contribution in [-0.2, 0) is 14.6 Å². The van der Waals surface area contributed by atoms with Crippen LogP contribution in [0.15, 0.2) is 58.5 Å². The Morgan fingerprint density at radius 3 is 2.26 bits per heavy atom. The summed E-state index contributed by atoms with van der Waals surface area (Å²) in [6.45, 7) is 3.28. The summed E-state index contributed by atoms with van der Waals surface area (Å²) in [4.78, 5) is 12.3. The molecule has 0 fully saturated rings. The van der Waals surface area contributed by atoms with Crippen molar-refractivity contribution in [3.05, 3.63) is 59.7 Å². The predicted octanol–water partition coefficient (Wildman–Crippen LogP) is 2.27. The number of nitrogens with one attached hydrogen (secondary N) is 1. The van der Waals surface area contributed by atoms with E-state index >= 15 is 0 Å². The van der Waals surface area contributed by atoms with Gasteiger partial charge in [0.25, 0.3) is 5.91 Å². The van der Waals surface area contributed by atoms with Gasteiger partial charge in [0.2, 0.25) is 0 Å². The third kappa shape index (κ3) is 5.66. The van der Waals surface area contributed by atoms with Crippen molar-refractivity contribution in [1.29, 1.82) is 5.26 Å². The van der Waals surface area contributed by atoms with Gasteiger partial charge >= 0.3 is 0 Å². The topological polar surface area (TPSA) is 109 Å². The molecule has 0 unspecified atom stereocenters. The second-order valence-electron chi connectivity index (χ2n) is 5.87. The lowest BCUT2D eigenvalue weighted by molar-refractivity contribution is -0.127. The molecule has 0 heterocycles. The minimum Gasteiger partial charge on any atom is -0.481 e. The van der Waals surface area contributed by atoms with Crippen LogP contribution in [0.4, 0.5) is 0 Å². The van der Waals surface area contributed by atoms with E-state index in [0.717, 1.165) is 6.26 Å². The Labute approximate surface area is 158 Å². The first-order valence-corrected chi connectivity index (χ1v) is 9.91. The van der Waals surface area contributed by atoms with E-state index < -0.39 is 21.8 Å². The second-order valence-corrected chi connectivity index (χ2v) is 7.88. The molecular weight excluding hydrogens is 366 g/mol. The Balaban J connectivity index is 1.98. The summed E-state index contributed by atoms with van der Waals surface area (Å²) in [7, 11) is -3.26. The summed E-state index contributed by atoms with van der Waals surface area (Å²) in [5.74, 6) is 0.0279. The van der Waals surface area contributed by atoms with Crippen LogP contribution >= 0.6 is 0 Å². The van der Waals surface area contributed by atoms with Gasteiger partial charge in [-0.15, -0.1) is 0 Å². The molecule has 0 aromatic heterocycles. The molecule has 0 spiro atoms. The highest BCUT2D eigenvalue weighted by molar-refractivity contribution is 7.90. The average molecular weight is 385 g/mol. The van der Waals surface area contributed by atoms with Gasteiger partial charge in [0.05, 0.1) is 22.2 Å². The van der Waals surface area contributed by atoms with E-state index in [0.29, 0.717) is 22.6 Å². The highest BCUT2D eigenvalue weighted by atomic mass is 32.2. The van der Waals surface area contributed by atoms with Crippen molar-refractivity contribution >= 4 is 21.5 Å². The zero-order valence-electron chi connectivity index (χ0n) is 15.1. The van der Waals surface area contributed by atoms with Gasteiger partial charge < -0.3 is 4.74 Å². The van der Waals surface area contributed by atoms with Crippen LogP contribution in [0.5, 0.6) is 5.75 Å². The third-order valence-electron chi connectivity index (χ3n) is 3.70. The zero-order valence-corrected chi connectivity index (χ0v) is 15.9. The Morgan fingerprint density at radius 2 is 1.74 bits per heavy atom. The number of carbonyl (C=O) groups is 1. The summed E-state index contributed by atoms with van der Waals surface area (Å²) >= 11 is 0. The predicted molar refractivity (Wildman–Crippen MR) is 101 cm³/mol. The molecule has 0 aliphatic rings. The SMILES string of the molecule is C/C(=N/NC(=O)[C@H](C)Oc1ccc(C#N)cc1)c1ccc(S(C)(=O)=O)cc1. The number of hydrogen-bond acceptors (Lipinski definition) is 6. The van der Waals surface area contributed by atoms with Crippen LogP contribution in [0.3, 0.4) is 0 Å². The van der Waals surface area contributed by atoms with Crippen molar-refractivity contribution in [2.24, 2.45) is 5.10 Å². The Kier molecular flexibility index (Phi) is 6.32. The second kappa shape index (κ2) is 8.47. The summed E-state index contributed by atoms with van der Waals surface area (Å²) in [6.07, 6.45) is 0.348. The van der Waals surface area contributed by atoms with Gasteiger partial charge in [-0.3, -0.25) is 4.79 Å². The average Bonchev–Trinajstić information content (AvgIpc) is 2.65. The van der Waals surface area contributed by atoms with Crippen LogP contribution in [0.1, 0.15) is 25.0 Å². The number of sulfone groups is 1. The van der Waals surface area contributed by atoms with Crippen LogP contribution in [0.2, 0.25) is 0 Å². The van der Waals surface area contributed by atoms with Gasteiger partial charge in [-0.1, -0.05) is 12.1 Å². The first-order valence-electron chi connectivity index (χ1n) is 8.02. The standard InChI is InChI=1S/C19H19N3O4S/c1-13(16-6-10-18(11-7-16)27(3,24)25)21-22-19(23)14(2)26-17-8-4-15(12-20)5-9-17/h4-11,14H,1-3H3,(H,22,23)/b21-13-/t14-/m0/s1. The number of ether oxygens (including phenoxy) is 1. The Hall–Kier alpha value is -3.18. The van der Waals surface area contributed by atoms with Gasteiger partial charge in [0, 0.05) is 6.26 Å². The fourth-order valence-electron chi connectivity index (χ4n) is 2.10. The van der Waals surface area contributed by atoms with Gasteiger partial charge in [-0.05, 0) is 55.8 Å². The molecule has 1 amide bonds. The lowest BCUT2D eigenvalue weighted by atomic mass is 10.1. The number of nitrogens with zero attached hydrogens (tertiary/aromatic N) is 2. The molecule has 0 aliphatic heterocycles. The molecular formula is C19H19N3O4S. The third-order valence-corrected chi connectivity index (χ3v) is 4.83. The first kappa shape index (κ1) is 20.1. The maximum atomic E-state index is 12.1. The number of rotatable bonds is 6. The monoisotopic (exact) mass is 385 g/mol. The lowest BCUT2D eigenvalue weighted by Gasteiger charge is -2.13. The lowest BCUT2D eigenvalue weighted by Crippen LogP contribution is -2.33. The van der Waals surface area contributed by atoms with Crippen molar-refractivity contribution in [2.75, 3.05) is 6.26 Å². The maximum absolute atomic E-state index is 12.1. The molecule has 27 heavy (non-hydrogen) atoms. The van der Waals surface area contributed by atoms with Crippen LogP contribution in [0, 0.1) is 11.3 Å². The molecule has 0 aliphatic carbocycles. The fraction of sp³-hybridized carbons (Fsp3) is 0.211. The van der Waals surface area contributed by atoms with Gasteiger partial charge in [-0.2, -0.15) is 10.4 Å². The summed E-state index contributed by atoms with van der Waals surface area (Å²) < 4.78 is 28.5. The van der Waals surface area contributed by atoms with E-state index in [2.05, 4.69) is 10.5 Å². The Bertz CT molecular complexity index is 989. The molecule has 2 aromatic carbocycles. The fourth-order valence-corrected chi connectivity index (χ4v) is 2.73. The summed E-state index contributed by atoms with van der Waals surface area (Å²) in [5, 5.41) is 12.8. The van der Waals surface area contributed by atoms with Crippen molar-refractivity contribution in [2.45, 2.75) is 24.8 Å². The highest BCUT2D eigenvalue weighted by Crippen LogP contribution is 2.14. The van der Waals surface area contributed by atoms with Gasteiger partial charge in [0.15, 0.2) is 15.9 Å². The number of nitriles is 1. The molecule has 2 aromatic rings. The number of hydrazone groups is 1. The normalized spacial score (nSPS) is 12.7. The van der Waals surface area contributed by atoms with E-state index in [-0.39, 0.29) is 4.90 Å². The van der Waals surface area contributed by atoms with E-state index in [1.54, 1.807) is 50.2 Å². The van der Waals surface area contributed by atoms with Gasteiger partial charge in [0.1, 0.15) is 5.75 Å². The quantitative estimate of drug-likeness (QED) is 0.606. The molecule has 7 nitrogen and oxygen atoms in total. The first-order chi connectivity index (χ1) is 12.7. The molecule has 1 atom stereocenters. The largest absolute Gasteiger partial charge is 0.481 e. The molecule has 140 valence electrons. The highest BCUT2D eigenvalue weighted by Gasteiger charge is 2.14. The van der Waals surface area contributed by atoms with E-state index in [4.69, 9.17) is 10.00 Å². The molecule has 1 N–H and O–H groups in total. The zero-order chi connectivity index (χ0) is 20.0. The number of amides is 1. The molecule has 2 rings (SSSR count). The van der Waals surface area contributed by atoms with Gasteiger partial charge in [-0.25, -0.2) is 13.8 Å². The van der Waals surface area contributed by atoms with Crippen LogP contribution in [0.25, 0.3) is 0 Å². The van der Waals surface area contributed by atoms with Crippen molar-refractivity contribution in [3.63, 3.8) is 0 Å². The van der Waals surface area contributed by atoms with E-state index in [1.165, 1.54) is 12.1 Å². The maximum Gasteiger partial charge on any atom is 0.280 e. The molecule has 0 saturated carbocycles. The molecule has 0 bridgehead atoms. The number of hydrogen-bond donors (Lipinski definition) is 1.